The SMILES string of the molecule is CCCC(N)[C@H](CCC)C(=O)C(C)(C)CC. The highest BCUT2D eigenvalue weighted by Gasteiger charge is 2.34. The normalized spacial score (nSPS) is 15.9. The largest absolute Gasteiger partial charge is 0.327 e. The Kier molecular flexibility index (Phi) is 6.89. The molecule has 2 nitrogen and oxygen atoms in total. The maximum Gasteiger partial charge on any atom is 0.143 e. The van der Waals surface area contributed by atoms with Crippen LogP contribution in [-0.4, -0.2) is 11.8 Å². The molecule has 0 radical (unpaired) electrons. The molecule has 2 atom stereocenters. The van der Waals surface area contributed by atoms with Crippen molar-refractivity contribution in [3.63, 3.8) is 0 Å². The van der Waals surface area contributed by atoms with E-state index >= 15 is 0 Å². The van der Waals surface area contributed by atoms with Crippen molar-refractivity contribution < 1.29 is 4.79 Å². The molecule has 0 aliphatic rings. The predicted octanol–water partition coefficient (Wildman–Crippen LogP) is 3.54. The van der Waals surface area contributed by atoms with Gasteiger partial charge in [0.05, 0.1) is 0 Å². The predicted molar refractivity (Wildman–Crippen MR) is 70.4 cm³/mol. The van der Waals surface area contributed by atoms with Crippen molar-refractivity contribution in [1.82, 2.24) is 0 Å². The van der Waals surface area contributed by atoms with Crippen LogP contribution in [0.2, 0.25) is 0 Å². The van der Waals surface area contributed by atoms with Crippen molar-refractivity contribution in [2.75, 3.05) is 0 Å². The summed E-state index contributed by atoms with van der Waals surface area (Å²) in [6.07, 6.45) is 4.87. The van der Waals surface area contributed by atoms with E-state index in [-0.39, 0.29) is 17.4 Å². The first kappa shape index (κ1) is 15.6. The van der Waals surface area contributed by atoms with Gasteiger partial charge in [0.25, 0.3) is 0 Å². The highest BCUT2D eigenvalue weighted by Crippen LogP contribution is 2.29. The van der Waals surface area contributed by atoms with Crippen LogP contribution < -0.4 is 5.73 Å². The number of carbonyl (C=O) groups excluding carboxylic acids is 1. The number of nitrogens with two attached hydrogens (primary N) is 1. The van der Waals surface area contributed by atoms with Crippen LogP contribution >= 0.6 is 0 Å². The Morgan fingerprint density at radius 3 is 2.00 bits per heavy atom. The van der Waals surface area contributed by atoms with Crippen LogP contribution in [0.15, 0.2) is 0 Å². The number of hydrogen-bond acceptors (Lipinski definition) is 2. The molecule has 0 aromatic carbocycles. The van der Waals surface area contributed by atoms with Gasteiger partial charge in [-0.3, -0.25) is 4.79 Å². The first-order valence-electron chi connectivity index (χ1n) is 6.70. The summed E-state index contributed by atoms with van der Waals surface area (Å²) in [6, 6.07) is 0.0447. The van der Waals surface area contributed by atoms with E-state index in [2.05, 4.69) is 20.8 Å². The van der Waals surface area contributed by atoms with Crippen molar-refractivity contribution >= 4 is 5.78 Å². The third kappa shape index (κ3) is 4.25. The van der Waals surface area contributed by atoms with Gasteiger partial charge in [-0.25, -0.2) is 0 Å². The summed E-state index contributed by atoms with van der Waals surface area (Å²) in [6.45, 7) is 10.4. The summed E-state index contributed by atoms with van der Waals surface area (Å²) in [5.41, 5.74) is 5.93. The molecule has 0 aromatic heterocycles. The lowest BCUT2D eigenvalue weighted by Crippen LogP contribution is -2.41. The van der Waals surface area contributed by atoms with Crippen molar-refractivity contribution in [3.05, 3.63) is 0 Å². The molecule has 0 amide bonds. The molecule has 0 fully saturated rings. The molecule has 2 heteroatoms. The summed E-state index contributed by atoms with van der Waals surface area (Å²) in [7, 11) is 0. The zero-order valence-corrected chi connectivity index (χ0v) is 11.7. The summed E-state index contributed by atoms with van der Waals surface area (Å²) in [5, 5.41) is 0. The van der Waals surface area contributed by atoms with Gasteiger partial charge in [-0.1, -0.05) is 47.5 Å². The lowest BCUT2D eigenvalue weighted by atomic mass is 9.74. The Hall–Kier alpha value is -0.370. The third-order valence-electron chi connectivity index (χ3n) is 3.63. The molecule has 0 saturated carbocycles. The lowest BCUT2D eigenvalue weighted by molar-refractivity contribution is -0.132. The van der Waals surface area contributed by atoms with E-state index in [1.807, 2.05) is 13.8 Å². The van der Waals surface area contributed by atoms with Crippen molar-refractivity contribution in [1.29, 1.82) is 0 Å². The smallest absolute Gasteiger partial charge is 0.143 e. The molecule has 2 N–H and O–H groups in total. The van der Waals surface area contributed by atoms with Gasteiger partial charge in [-0.2, -0.15) is 0 Å². The zero-order valence-electron chi connectivity index (χ0n) is 11.7. The van der Waals surface area contributed by atoms with Gasteiger partial charge < -0.3 is 5.73 Å². The number of ketones is 1. The van der Waals surface area contributed by atoms with Gasteiger partial charge in [0.1, 0.15) is 5.78 Å². The molecule has 0 aromatic rings. The Balaban J connectivity index is 4.70. The molecule has 0 bridgehead atoms. The average molecular weight is 227 g/mol. The third-order valence-corrected chi connectivity index (χ3v) is 3.63. The number of carbonyl (C=O) groups is 1. The molecule has 96 valence electrons. The molecular weight excluding hydrogens is 198 g/mol. The molecule has 16 heavy (non-hydrogen) atoms. The van der Waals surface area contributed by atoms with Gasteiger partial charge in [0.2, 0.25) is 0 Å². The molecule has 0 rings (SSSR count). The van der Waals surface area contributed by atoms with Crippen LogP contribution in [0.5, 0.6) is 0 Å². The van der Waals surface area contributed by atoms with Crippen LogP contribution in [-0.2, 0) is 4.79 Å². The minimum Gasteiger partial charge on any atom is -0.327 e. The van der Waals surface area contributed by atoms with E-state index in [0.717, 1.165) is 32.1 Å². The first-order valence-corrected chi connectivity index (χ1v) is 6.70. The fourth-order valence-corrected chi connectivity index (χ4v) is 2.06. The minimum absolute atomic E-state index is 0.0447. The second kappa shape index (κ2) is 7.05. The van der Waals surface area contributed by atoms with E-state index in [4.69, 9.17) is 5.73 Å². The van der Waals surface area contributed by atoms with E-state index in [1.54, 1.807) is 0 Å². The fourth-order valence-electron chi connectivity index (χ4n) is 2.06. The lowest BCUT2D eigenvalue weighted by Gasteiger charge is -2.30. The standard InChI is InChI=1S/C14H29NO/c1-6-9-11(12(15)10-7-2)13(16)14(4,5)8-3/h11-12H,6-10,15H2,1-5H3/t11-,12?/m0/s1. The number of Topliss-reactive ketones (excluding diaryl/α,β-unsaturated/α-hetero) is 1. The summed E-state index contributed by atoms with van der Waals surface area (Å²) in [4.78, 5) is 12.4. The Bertz CT molecular complexity index is 211. The monoisotopic (exact) mass is 227 g/mol. The van der Waals surface area contributed by atoms with Crippen molar-refractivity contribution in [3.8, 4) is 0 Å². The van der Waals surface area contributed by atoms with Crippen LogP contribution in [0, 0.1) is 11.3 Å². The Morgan fingerprint density at radius 1 is 1.12 bits per heavy atom. The van der Waals surface area contributed by atoms with E-state index in [0.29, 0.717) is 5.78 Å². The van der Waals surface area contributed by atoms with Crippen LogP contribution in [0.25, 0.3) is 0 Å². The Morgan fingerprint density at radius 2 is 1.62 bits per heavy atom. The van der Waals surface area contributed by atoms with Crippen molar-refractivity contribution in [2.24, 2.45) is 17.1 Å². The molecule has 0 aliphatic carbocycles. The summed E-state index contributed by atoms with van der Waals surface area (Å²) < 4.78 is 0. The molecule has 0 heterocycles. The Labute approximate surface area is 101 Å². The highest BCUT2D eigenvalue weighted by atomic mass is 16.1. The van der Waals surface area contributed by atoms with Crippen LogP contribution in [0.4, 0.5) is 0 Å². The zero-order chi connectivity index (χ0) is 12.8. The summed E-state index contributed by atoms with van der Waals surface area (Å²) in [5.74, 6) is 0.415. The fraction of sp³-hybridized carbons (Fsp3) is 0.929. The molecule has 1 unspecified atom stereocenters. The van der Waals surface area contributed by atoms with Gasteiger partial charge in [-0.05, 0) is 19.3 Å². The molecule has 0 saturated heterocycles. The van der Waals surface area contributed by atoms with Crippen LogP contribution in [0.1, 0.15) is 66.7 Å². The highest BCUT2D eigenvalue weighted by molar-refractivity contribution is 5.86. The van der Waals surface area contributed by atoms with E-state index < -0.39 is 0 Å². The van der Waals surface area contributed by atoms with E-state index in [1.165, 1.54) is 0 Å². The first-order chi connectivity index (χ1) is 7.40. The molecule has 0 spiro atoms. The molecular formula is C14H29NO. The van der Waals surface area contributed by atoms with Gasteiger partial charge in [0.15, 0.2) is 0 Å². The maximum atomic E-state index is 12.4. The summed E-state index contributed by atoms with van der Waals surface area (Å²) >= 11 is 0. The van der Waals surface area contributed by atoms with Gasteiger partial charge in [0, 0.05) is 17.4 Å². The van der Waals surface area contributed by atoms with Gasteiger partial charge >= 0.3 is 0 Å². The minimum atomic E-state index is -0.217. The van der Waals surface area contributed by atoms with Crippen LogP contribution in [0.3, 0.4) is 0 Å². The second-order valence-corrected chi connectivity index (χ2v) is 5.45. The quantitative estimate of drug-likeness (QED) is 0.689. The number of hydrogen-bond donors (Lipinski definition) is 1. The maximum absolute atomic E-state index is 12.4. The number of rotatable bonds is 8. The van der Waals surface area contributed by atoms with E-state index in [9.17, 15) is 4.79 Å². The topological polar surface area (TPSA) is 43.1 Å². The van der Waals surface area contributed by atoms with Gasteiger partial charge in [-0.15, -0.1) is 0 Å². The average Bonchev–Trinajstić information content (AvgIpc) is 2.25. The second-order valence-electron chi connectivity index (χ2n) is 5.45. The van der Waals surface area contributed by atoms with Crippen molar-refractivity contribution in [2.45, 2.75) is 72.8 Å². The molecule has 0 aliphatic heterocycles.